The topological polar surface area (TPSA) is 20.3 Å². The molecule has 3 rings (SSSR count). The molecule has 1 aliphatic heterocycles. The molecule has 0 fully saturated rings. The van der Waals surface area contributed by atoms with Gasteiger partial charge < -0.3 is 4.90 Å². The Bertz CT molecular complexity index is 598. The van der Waals surface area contributed by atoms with Gasteiger partial charge in [-0.1, -0.05) is 44.0 Å². The summed E-state index contributed by atoms with van der Waals surface area (Å²) in [4.78, 5) is 14.3. The van der Waals surface area contributed by atoms with Gasteiger partial charge in [-0.3, -0.25) is 4.79 Å². The first-order valence-electron chi connectivity index (χ1n) is 6.66. The maximum atomic E-state index is 12.4. The average molecular weight is 239 g/mol. The van der Waals surface area contributed by atoms with Crippen molar-refractivity contribution in [1.82, 2.24) is 0 Å². The number of nitrogens with zero attached hydrogens (tertiary/aromatic N) is 1. The second-order valence-electron chi connectivity index (χ2n) is 4.84. The van der Waals surface area contributed by atoms with E-state index in [2.05, 4.69) is 25.1 Å². The molecule has 0 atom stereocenters. The molecule has 92 valence electrons. The molecule has 1 aliphatic rings. The Morgan fingerprint density at radius 3 is 2.61 bits per heavy atom. The van der Waals surface area contributed by atoms with Gasteiger partial charge in [-0.15, -0.1) is 0 Å². The number of anilines is 1. The van der Waals surface area contributed by atoms with Crippen molar-refractivity contribution in [1.29, 1.82) is 0 Å². The number of hydrogen-bond donors (Lipinski definition) is 0. The van der Waals surface area contributed by atoms with Crippen LogP contribution in [0.4, 0.5) is 5.69 Å². The van der Waals surface area contributed by atoms with Crippen LogP contribution in [0.3, 0.4) is 0 Å². The molecule has 0 N–H and O–H groups in total. The van der Waals surface area contributed by atoms with Gasteiger partial charge in [0, 0.05) is 17.5 Å². The van der Waals surface area contributed by atoms with Crippen molar-refractivity contribution in [3.8, 4) is 0 Å². The fourth-order valence-electron chi connectivity index (χ4n) is 2.72. The third-order valence-electron chi connectivity index (χ3n) is 3.63. The lowest BCUT2D eigenvalue weighted by Crippen LogP contribution is -2.27. The Balaban J connectivity index is 2.03. The zero-order chi connectivity index (χ0) is 12.5. The number of rotatable bonds is 4. The van der Waals surface area contributed by atoms with Crippen LogP contribution >= 0.6 is 0 Å². The number of carbonyl (C=O) groups excluding carboxylic acids is 1. The van der Waals surface area contributed by atoms with Crippen LogP contribution in [0.15, 0.2) is 36.4 Å². The minimum atomic E-state index is 0.165. The third-order valence-corrected chi connectivity index (χ3v) is 3.63. The summed E-state index contributed by atoms with van der Waals surface area (Å²) in [5, 5.41) is 2.29. The van der Waals surface area contributed by atoms with Crippen LogP contribution in [0.5, 0.6) is 0 Å². The van der Waals surface area contributed by atoms with Gasteiger partial charge >= 0.3 is 0 Å². The molecular weight excluding hydrogens is 222 g/mol. The first kappa shape index (κ1) is 11.3. The van der Waals surface area contributed by atoms with Crippen LogP contribution in [0.25, 0.3) is 10.8 Å². The summed E-state index contributed by atoms with van der Waals surface area (Å²) in [6.45, 7) is 3.02. The smallest absolute Gasteiger partial charge is 0.258 e. The van der Waals surface area contributed by atoms with E-state index in [0.29, 0.717) is 0 Å². The number of hydrogen-bond acceptors (Lipinski definition) is 1. The Labute approximate surface area is 107 Å². The maximum absolute atomic E-state index is 12.4. The lowest BCUT2D eigenvalue weighted by molar-refractivity contribution is 0.0993. The summed E-state index contributed by atoms with van der Waals surface area (Å²) < 4.78 is 0. The highest BCUT2D eigenvalue weighted by Crippen LogP contribution is 2.37. The molecule has 0 aliphatic carbocycles. The Kier molecular flexibility index (Phi) is 2.78. The molecule has 1 heterocycles. The van der Waals surface area contributed by atoms with E-state index >= 15 is 0 Å². The molecule has 0 saturated heterocycles. The molecule has 18 heavy (non-hydrogen) atoms. The van der Waals surface area contributed by atoms with E-state index in [1.807, 2.05) is 23.1 Å². The largest absolute Gasteiger partial charge is 0.308 e. The first-order chi connectivity index (χ1) is 8.83. The quantitative estimate of drug-likeness (QED) is 0.739. The van der Waals surface area contributed by atoms with Gasteiger partial charge in [0.2, 0.25) is 0 Å². The minimum Gasteiger partial charge on any atom is -0.308 e. The highest BCUT2D eigenvalue weighted by Gasteiger charge is 2.28. The van der Waals surface area contributed by atoms with E-state index < -0.39 is 0 Å². The van der Waals surface area contributed by atoms with Crippen molar-refractivity contribution in [2.75, 3.05) is 11.4 Å². The normalized spacial score (nSPS) is 13.6. The number of amides is 1. The summed E-state index contributed by atoms with van der Waals surface area (Å²) in [5.74, 6) is 0.165. The summed E-state index contributed by atoms with van der Waals surface area (Å²) in [6, 6.07) is 12.1. The van der Waals surface area contributed by atoms with E-state index in [4.69, 9.17) is 0 Å². The SMILES string of the molecule is CCCCCN1C(=O)c2cccc3cccc1c23. The highest BCUT2D eigenvalue weighted by molar-refractivity contribution is 6.24. The first-order valence-corrected chi connectivity index (χ1v) is 6.66. The molecule has 2 aromatic carbocycles. The van der Waals surface area contributed by atoms with E-state index in [0.717, 1.165) is 35.0 Å². The standard InChI is InChI=1S/C16H17NO/c1-2-3-4-11-17-14-10-6-8-12-7-5-9-13(15(12)14)16(17)18/h5-10H,2-4,11H2,1H3. The van der Waals surface area contributed by atoms with Gasteiger partial charge in [0.05, 0.1) is 5.69 Å². The monoisotopic (exact) mass is 239 g/mol. The average Bonchev–Trinajstić information content (AvgIpc) is 2.67. The summed E-state index contributed by atoms with van der Waals surface area (Å²) >= 11 is 0. The van der Waals surface area contributed by atoms with Crippen molar-refractivity contribution in [2.45, 2.75) is 26.2 Å². The molecule has 0 aromatic heterocycles. The Morgan fingerprint density at radius 1 is 1.06 bits per heavy atom. The fourth-order valence-corrected chi connectivity index (χ4v) is 2.72. The van der Waals surface area contributed by atoms with Crippen molar-refractivity contribution in [2.24, 2.45) is 0 Å². The lowest BCUT2D eigenvalue weighted by atomic mass is 10.1. The minimum absolute atomic E-state index is 0.165. The molecule has 0 saturated carbocycles. The molecule has 2 aromatic rings. The van der Waals surface area contributed by atoms with Crippen LogP contribution in [0, 0.1) is 0 Å². The maximum Gasteiger partial charge on any atom is 0.258 e. The highest BCUT2D eigenvalue weighted by atomic mass is 16.2. The van der Waals surface area contributed by atoms with Gasteiger partial charge in [-0.2, -0.15) is 0 Å². The molecule has 0 unspecified atom stereocenters. The number of carbonyl (C=O) groups is 1. The van der Waals surface area contributed by atoms with Crippen molar-refractivity contribution in [3.05, 3.63) is 42.0 Å². The molecule has 2 nitrogen and oxygen atoms in total. The van der Waals surface area contributed by atoms with Gasteiger partial charge in [0.15, 0.2) is 0 Å². The second-order valence-corrected chi connectivity index (χ2v) is 4.84. The van der Waals surface area contributed by atoms with Gasteiger partial charge in [0.1, 0.15) is 0 Å². The van der Waals surface area contributed by atoms with E-state index in [1.54, 1.807) is 0 Å². The summed E-state index contributed by atoms with van der Waals surface area (Å²) in [6.07, 6.45) is 3.43. The number of benzene rings is 2. The van der Waals surface area contributed by atoms with Crippen LogP contribution in [0.2, 0.25) is 0 Å². The van der Waals surface area contributed by atoms with E-state index in [9.17, 15) is 4.79 Å². The lowest BCUT2D eigenvalue weighted by Gasteiger charge is -2.17. The summed E-state index contributed by atoms with van der Waals surface area (Å²) in [5.41, 5.74) is 1.95. The Hall–Kier alpha value is -1.83. The third kappa shape index (κ3) is 1.60. The number of unbranched alkanes of at least 4 members (excludes halogenated alkanes) is 2. The van der Waals surface area contributed by atoms with Crippen molar-refractivity contribution in [3.63, 3.8) is 0 Å². The van der Waals surface area contributed by atoms with Gasteiger partial charge in [0.25, 0.3) is 5.91 Å². The van der Waals surface area contributed by atoms with Crippen LogP contribution < -0.4 is 4.90 Å². The van der Waals surface area contributed by atoms with Crippen LogP contribution in [-0.4, -0.2) is 12.5 Å². The molecule has 2 heteroatoms. The zero-order valence-corrected chi connectivity index (χ0v) is 10.6. The predicted molar refractivity (Wildman–Crippen MR) is 75.1 cm³/mol. The van der Waals surface area contributed by atoms with E-state index in [1.165, 1.54) is 12.8 Å². The molecule has 0 radical (unpaired) electrons. The van der Waals surface area contributed by atoms with Crippen LogP contribution in [0.1, 0.15) is 36.5 Å². The predicted octanol–water partition coefficient (Wildman–Crippen LogP) is 3.99. The second kappa shape index (κ2) is 4.45. The van der Waals surface area contributed by atoms with E-state index in [-0.39, 0.29) is 5.91 Å². The zero-order valence-electron chi connectivity index (χ0n) is 10.6. The molecule has 1 amide bonds. The Morgan fingerprint density at radius 2 is 1.83 bits per heavy atom. The van der Waals surface area contributed by atoms with Crippen molar-refractivity contribution >= 4 is 22.4 Å². The van der Waals surface area contributed by atoms with Crippen molar-refractivity contribution < 1.29 is 4.79 Å². The van der Waals surface area contributed by atoms with Gasteiger partial charge in [-0.25, -0.2) is 0 Å². The van der Waals surface area contributed by atoms with Gasteiger partial charge in [-0.05, 0) is 23.9 Å². The van der Waals surface area contributed by atoms with Crippen LogP contribution in [-0.2, 0) is 0 Å². The fraction of sp³-hybridized carbons (Fsp3) is 0.312. The molecule has 0 spiro atoms. The summed E-state index contributed by atoms with van der Waals surface area (Å²) in [7, 11) is 0. The molecule has 0 bridgehead atoms. The molecular formula is C16H17NO.